The van der Waals surface area contributed by atoms with Crippen molar-refractivity contribution in [2.45, 2.75) is 36.9 Å². The summed E-state index contributed by atoms with van der Waals surface area (Å²) in [5, 5.41) is 12.3. The van der Waals surface area contributed by atoms with E-state index < -0.39 is 46.5 Å². The predicted molar refractivity (Wildman–Crippen MR) is 203 cm³/mol. The zero-order valence-electron chi connectivity index (χ0n) is 28.8. The van der Waals surface area contributed by atoms with Gasteiger partial charge in [0.2, 0.25) is 11.8 Å². The molecule has 268 valence electrons. The third kappa shape index (κ3) is 5.01. The van der Waals surface area contributed by atoms with Crippen LogP contribution in [-0.2, 0) is 28.2 Å². The summed E-state index contributed by atoms with van der Waals surface area (Å²) in [4.78, 5) is 59.8. The van der Waals surface area contributed by atoms with Gasteiger partial charge in [-0.3, -0.25) is 9.59 Å². The minimum absolute atomic E-state index is 0.0327. The van der Waals surface area contributed by atoms with Gasteiger partial charge in [-0.15, -0.1) is 0 Å². The molecule has 1 aromatic heterocycles. The number of hydrogen-bond donors (Lipinski definition) is 1. The van der Waals surface area contributed by atoms with Crippen LogP contribution in [0.15, 0.2) is 155 Å². The second-order valence-corrected chi connectivity index (χ2v) is 14.2. The molecule has 0 bridgehead atoms. The molecule has 3 heterocycles. The molecule has 2 aliphatic heterocycles. The number of nitrogens with zero attached hydrogens (tertiary/aromatic N) is 4. The summed E-state index contributed by atoms with van der Waals surface area (Å²) in [7, 11) is 0. The Balaban J connectivity index is 1.26. The number of benzene rings is 5. The number of imide groups is 1. The van der Waals surface area contributed by atoms with E-state index in [1.165, 1.54) is 20.3 Å². The largest absolute Gasteiger partial charge is 0.508 e. The van der Waals surface area contributed by atoms with Crippen LogP contribution in [0.4, 0.5) is 5.69 Å². The average molecular weight is 737 g/mol. The first-order valence-electron chi connectivity index (χ1n) is 17.7. The summed E-state index contributed by atoms with van der Waals surface area (Å²) in [6.07, 6.45) is 1.90. The summed E-state index contributed by atoms with van der Waals surface area (Å²) < 4.78 is 9.98. The molecule has 11 heteroatoms. The average Bonchev–Trinajstić information content (AvgIpc) is 3.59. The van der Waals surface area contributed by atoms with Gasteiger partial charge in [-0.2, -0.15) is 0 Å². The summed E-state index contributed by atoms with van der Waals surface area (Å²) in [6, 6.07) is 38.2. The number of allylic oxidation sites excluding steroid dienone is 2. The first kappa shape index (κ1) is 33.4. The zero-order valence-corrected chi connectivity index (χ0v) is 29.5. The van der Waals surface area contributed by atoms with Crippen molar-refractivity contribution in [1.29, 1.82) is 0 Å². The fraction of sp³-hybridized carbons (Fsp3) is 0.163. The molecule has 4 atom stereocenters. The van der Waals surface area contributed by atoms with Gasteiger partial charge in [0.05, 0.1) is 35.3 Å². The van der Waals surface area contributed by atoms with Crippen molar-refractivity contribution in [2.75, 3.05) is 4.90 Å². The summed E-state index contributed by atoms with van der Waals surface area (Å²) >= 11 is 6.41. The van der Waals surface area contributed by atoms with E-state index in [1.54, 1.807) is 66.7 Å². The molecule has 1 aliphatic carbocycles. The number of phenols is 1. The highest BCUT2D eigenvalue weighted by Crippen LogP contribution is 2.63. The smallest absolute Gasteiger partial charge is 0.352 e. The molecule has 5 aromatic carbocycles. The van der Waals surface area contributed by atoms with E-state index in [-0.39, 0.29) is 25.3 Å². The quantitative estimate of drug-likeness (QED) is 0.147. The fourth-order valence-electron chi connectivity index (χ4n) is 8.75. The Kier molecular flexibility index (Phi) is 8.01. The number of ether oxygens (including phenoxy) is 1. The van der Waals surface area contributed by atoms with Crippen molar-refractivity contribution in [2.24, 2.45) is 5.92 Å². The van der Waals surface area contributed by atoms with Crippen LogP contribution in [0.2, 0.25) is 5.02 Å². The fourth-order valence-corrected chi connectivity index (χ4v) is 8.93. The third-order valence-electron chi connectivity index (χ3n) is 11.0. The standard InChI is InChI=1S/C43H33ClN4O6/c44-29-15-10-18-31(23-29)46-39(50)35-25-36-33(21-22-45-41(52)47(42(53)48(36)45)30-16-8-3-9-17-30)38(43(35,40(46)51)28-13-6-2-7-14-28)34-20-19-32(24-37(34)49)54-26-27-11-4-1-5-12-27/h1-21,23-24,35-36,38,49H,22,25-26H2/t35-,36+,38+,43+/m0/s1. The van der Waals surface area contributed by atoms with Crippen LogP contribution in [0.25, 0.3) is 5.69 Å². The highest BCUT2D eigenvalue weighted by Gasteiger charge is 2.69. The van der Waals surface area contributed by atoms with E-state index in [9.17, 15) is 19.5 Å². The number of halogens is 1. The van der Waals surface area contributed by atoms with Gasteiger partial charge >= 0.3 is 11.4 Å². The first-order valence-corrected chi connectivity index (χ1v) is 18.1. The van der Waals surface area contributed by atoms with Gasteiger partial charge in [0, 0.05) is 22.6 Å². The first-order chi connectivity index (χ1) is 26.3. The normalized spacial score (nSPS) is 21.6. The van der Waals surface area contributed by atoms with Gasteiger partial charge in [0.15, 0.2) is 0 Å². The topological polar surface area (TPSA) is 116 Å². The third-order valence-corrected chi connectivity index (χ3v) is 11.2. The van der Waals surface area contributed by atoms with E-state index in [2.05, 4.69) is 0 Å². The summed E-state index contributed by atoms with van der Waals surface area (Å²) in [5.41, 5.74) is 0.652. The molecular formula is C43H33ClN4O6. The molecular weight excluding hydrogens is 704 g/mol. The van der Waals surface area contributed by atoms with Crippen molar-refractivity contribution in [3.63, 3.8) is 0 Å². The van der Waals surface area contributed by atoms with Gasteiger partial charge < -0.3 is 9.84 Å². The van der Waals surface area contributed by atoms with E-state index >= 15 is 4.79 Å². The molecule has 0 radical (unpaired) electrons. The monoisotopic (exact) mass is 736 g/mol. The highest BCUT2D eigenvalue weighted by atomic mass is 35.5. The minimum atomic E-state index is -1.55. The molecule has 1 N–H and O–H groups in total. The Labute approximate surface area is 314 Å². The number of fused-ring (bicyclic) bond motifs is 4. The predicted octanol–water partition coefficient (Wildman–Crippen LogP) is 6.53. The number of amides is 2. The molecule has 2 amide bonds. The van der Waals surface area contributed by atoms with Crippen molar-refractivity contribution >= 4 is 29.1 Å². The number of aromatic hydroxyl groups is 1. The number of aromatic nitrogens is 3. The van der Waals surface area contributed by atoms with Crippen LogP contribution in [-0.4, -0.2) is 30.9 Å². The Morgan fingerprint density at radius 2 is 1.44 bits per heavy atom. The molecule has 1 saturated heterocycles. The number of hydrogen-bond acceptors (Lipinski definition) is 6. The molecule has 9 rings (SSSR count). The number of phenolic OH excluding ortho intramolecular Hbond substituents is 1. The van der Waals surface area contributed by atoms with Gasteiger partial charge in [-0.25, -0.2) is 28.4 Å². The van der Waals surface area contributed by atoms with Gasteiger partial charge in [0.1, 0.15) is 18.1 Å². The molecule has 0 spiro atoms. The highest BCUT2D eigenvalue weighted by molar-refractivity contribution is 6.32. The number of anilines is 1. The van der Waals surface area contributed by atoms with E-state index in [1.807, 2.05) is 66.7 Å². The Hall–Kier alpha value is -6.39. The minimum Gasteiger partial charge on any atom is -0.508 e. The number of carbonyl (C=O) groups is 2. The van der Waals surface area contributed by atoms with Crippen LogP contribution >= 0.6 is 11.6 Å². The maximum absolute atomic E-state index is 15.4. The van der Waals surface area contributed by atoms with Crippen LogP contribution in [0.1, 0.15) is 35.1 Å². The maximum Gasteiger partial charge on any atom is 0.352 e. The van der Waals surface area contributed by atoms with E-state index in [0.717, 1.165) is 10.1 Å². The molecule has 2 fully saturated rings. The number of rotatable bonds is 7. The molecule has 3 aliphatic rings. The van der Waals surface area contributed by atoms with E-state index in [0.29, 0.717) is 38.8 Å². The molecule has 54 heavy (non-hydrogen) atoms. The number of para-hydroxylation sites is 1. The lowest BCUT2D eigenvalue weighted by molar-refractivity contribution is -0.124. The lowest BCUT2D eigenvalue weighted by Crippen LogP contribution is -2.53. The van der Waals surface area contributed by atoms with Crippen LogP contribution in [0.5, 0.6) is 11.5 Å². The van der Waals surface area contributed by atoms with Gasteiger partial charge in [-0.1, -0.05) is 109 Å². The lowest BCUT2D eigenvalue weighted by Gasteiger charge is -2.49. The Bertz CT molecular complexity index is 2600. The Morgan fingerprint density at radius 3 is 2.15 bits per heavy atom. The summed E-state index contributed by atoms with van der Waals surface area (Å²) in [6.45, 7) is 0.303. The van der Waals surface area contributed by atoms with Crippen LogP contribution in [0.3, 0.4) is 0 Å². The van der Waals surface area contributed by atoms with Crippen molar-refractivity contribution in [3.8, 4) is 17.2 Å². The molecule has 6 aromatic rings. The second-order valence-electron chi connectivity index (χ2n) is 13.8. The molecule has 10 nitrogen and oxygen atoms in total. The zero-order chi connectivity index (χ0) is 37.1. The van der Waals surface area contributed by atoms with Crippen LogP contribution in [0, 0.1) is 5.92 Å². The number of carbonyl (C=O) groups excluding carboxylic acids is 2. The maximum atomic E-state index is 15.4. The van der Waals surface area contributed by atoms with Crippen molar-refractivity contribution in [1.82, 2.24) is 13.9 Å². The lowest BCUT2D eigenvalue weighted by atomic mass is 9.53. The molecule has 1 saturated carbocycles. The second kappa shape index (κ2) is 12.9. The Morgan fingerprint density at radius 1 is 0.759 bits per heavy atom. The van der Waals surface area contributed by atoms with Crippen molar-refractivity contribution < 1.29 is 19.4 Å². The van der Waals surface area contributed by atoms with E-state index in [4.69, 9.17) is 16.3 Å². The molecule has 0 unspecified atom stereocenters. The SMILES string of the molecule is O=C1[C@@H]2C[C@@H]3C(=CCn4c(=O)n(-c5ccccc5)c(=O)n43)[C@H](c3ccc(OCc4ccccc4)cc3O)[C@]2(c2ccccc2)C(=O)N1c1cccc(Cl)c1. The van der Waals surface area contributed by atoms with Crippen LogP contribution < -0.4 is 21.0 Å². The van der Waals surface area contributed by atoms with Gasteiger partial charge in [-0.05, 0) is 59.5 Å². The van der Waals surface area contributed by atoms with Gasteiger partial charge in [0.25, 0.3) is 0 Å². The summed E-state index contributed by atoms with van der Waals surface area (Å²) in [5.74, 6) is -2.62. The van der Waals surface area contributed by atoms with Crippen molar-refractivity contribution in [3.05, 3.63) is 188 Å².